The Bertz CT molecular complexity index is 865. The van der Waals surface area contributed by atoms with Crippen molar-refractivity contribution in [2.75, 3.05) is 32.4 Å². The van der Waals surface area contributed by atoms with Crippen molar-refractivity contribution >= 4 is 17.3 Å². The van der Waals surface area contributed by atoms with Crippen LogP contribution < -0.4 is 10.6 Å². The van der Waals surface area contributed by atoms with E-state index in [-0.39, 0.29) is 30.7 Å². The number of carbonyl (C=O) groups excluding carboxylic acids is 1. The minimum Gasteiger partial charge on any atom is -0.383 e. The van der Waals surface area contributed by atoms with Crippen LogP contribution in [-0.2, 0) is 21.3 Å². The smallest absolute Gasteiger partial charge is 0.254 e. The Morgan fingerprint density at radius 1 is 1.45 bits per heavy atom. The van der Waals surface area contributed by atoms with Crippen LogP contribution in [0.1, 0.15) is 12.5 Å². The normalized spacial score (nSPS) is 12.6. The minimum absolute atomic E-state index is 0.00477. The molecule has 0 fully saturated rings. The predicted octanol–water partition coefficient (Wildman–Crippen LogP) is 2.09. The summed E-state index contributed by atoms with van der Waals surface area (Å²) >= 11 is 0. The van der Waals surface area contributed by atoms with Gasteiger partial charge < -0.3 is 20.2 Å². The first kappa shape index (κ1) is 22.4. The molecule has 1 atom stereocenters. The van der Waals surface area contributed by atoms with Crippen LogP contribution in [0.15, 0.2) is 48.3 Å². The molecule has 1 heterocycles. The summed E-state index contributed by atoms with van der Waals surface area (Å²) in [6.07, 6.45) is 4.55. The largest absolute Gasteiger partial charge is 0.383 e. The van der Waals surface area contributed by atoms with Gasteiger partial charge in [-0.05, 0) is 25.1 Å². The van der Waals surface area contributed by atoms with Gasteiger partial charge in [0.05, 0.1) is 37.5 Å². The highest BCUT2D eigenvalue weighted by molar-refractivity contribution is 6.13. The third-order valence-electron chi connectivity index (χ3n) is 3.92. The first-order valence-corrected chi connectivity index (χ1v) is 9.04. The molecule has 0 aliphatic heterocycles. The molecule has 29 heavy (non-hydrogen) atoms. The second-order valence-corrected chi connectivity index (χ2v) is 6.50. The standard InChI is InChI=1S/C20H26FN5O3/c1-14(11-28-3)23-13-29-12-16(20(27)25-18-9-24-26(2)10-18)8-19(22)15-5-4-6-17(21)7-15/h4-10,14,22-23H,11-13H2,1-3H3,(H,25,27)/b16-8-,22-19?/t14-/m0/s1. The Kier molecular flexibility index (Phi) is 8.66. The third kappa shape index (κ3) is 7.57. The number of ether oxygens (including phenoxy) is 2. The first-order valence-electron chi connectivity index (χ1n) is 9.04. The number of carbonyl (C=O) groups is 1. The molecule has 2 rings (SSSR count). The Morgan fingerprint density at radius 3 is 2.90 bits per heavy atom. The molecule has 0 spiro atoms. The van der Waals surface area contributed by atoms with Crippen molar-refractivity contribution in [3.63, 3.8) is 0 Å². The summed E-state index contributed by atoms with van der Waals surface area (Å²) in [6, 6.07) is 5.74. The zero-order chi connectivity index (χ0) is 21.2. The molecule has 1 aromatic heterocycles. The van der Waals surface area contributed by atoms with E-state index in [1.165, 1.54) is 30.5 Å². The van der Waals surface area contributed by atoms with Gasteiger partial charge in [-0.1, -0.05) is 12.1 Å². The van der Waals surface area contributed by atoms with Crippen molar-refractivity contribution in [3.8, 4) is 0 Å². The Hall–Kier alpha value is -2.88. The van der Waals surface area contributed by atoms with Gasteiger partial charge in [0.25, 0.3) is 5.91 Å². The Balaban J connectivity index is 2.08. The molecule has 8 nitrogen and oxygen atoms in total. The fourth-order valence-electron chi connectivity index (χ4n) is 2.45. The second kappa shape index (κ2) is 11.2. The van der Waals surface area contributed by atoms with Crippen LogP contribution >= 0.6 is 0 Å². The van der Waals surface area contributed by atoms with Gasteiger partial charge in [0.15, 0.2) is 0 Å². The molecule has 0 saturated heterocycles. The zero-order valence-corrected chi connectivity index (χ0v) is 16.7. The van der Waals surface area contributed by atoms with Gasteiger partial charge in [-0.3, -0.25) is 14.8 Å². The van der Waals surface area contributed by atoms with Crippen LogP contribution in [0, 0.1) is 11.2 Å². The van der Waals surface area contributed by atoms with E-state index < -0.39 is 11.7 Å². The number of amides is 1. The highest BCUT2D eigenvalue weighted by atomic mass is 19.1. The van der Waals surface area contributed by atoms with E-state index in [0.29, 0.717) is 17.9 Å². The number of nitrogens with zero attached hydrogens (tertiary/aromatic N) is 2. The number of benzene rings is 1. The molecule has 0 saturated carbocycles. The molecule has 0 unspecified atom stereocenters. The van der Waals surface area contributed by atoms with E-state index >= 15 is 0 Å². The van der Waals surface area contributed by atoms with Crippen molar-refractivity contribution < 1.29 is 18.7 Å². The van der Waals surface area contributed by atoms with Crippen molar-refractivity contribution in [2.24, 2.45) is 7.05 Å². The van der Waals surface area contributed by atoms with Crippen LogP contribution in [0.3, 0.4) is 0 Å². The maximum Gasteiger partial charge on any atom is 0.254 e. The lowest BCUT2D eigenvalue weighted by atomic mass is 10.1. The molecule has 9 heteroatoms. The summed E-state index contributed by atoms with van der Waals surface area (Å²) in [7, 11) is 3.35. The van der Waals surface area contributed by atoms with Gasteiger partial charge in [0.1, 0.15) is 5.82 Å². The summed E-state index contributed by atoms with van der Waals surface area (Å²) in [4.78, 5) is 12.7. The highest BCUT2D eigenvalue weighted by Gasteiger charge is 2.13. The van der Waals surface area contributed by atoms with Crippen LogP contribution in [0.2, 0.25) is 0 Å². The van der Waals surface area contributed by atoms with Gasteiger partial charge in [-0.2, -0.15) is 5.10 Å². The molecule has 3 N–H and O–H groups in total. The molecule has 2 aromatic rings. The average molecular weight is 403 g/mol. The van der Waals surface area contributed by atoms with Gasteiger partial charge in [-0.25, -0.2) is 4.39 Å². The Morgan fingerprint density at radius 2 is 2.24 bits per heavy atom. The number of hydrogen-bond donors (Lipinski definition) is 3. The lowest BCUT2D eigenvalue weighted by molar-refractivity contribution is -0.113. The molecular formula is C20H26FN5O3. The van der Waals surface area contributed by atoms with E-state index in [4.69, 9.17) is 14.9 Å². The number of aromatic nitrogens is 2. The first-order chi connectivity index (χ1) is 13.9. The van der Waals surface area contributed by atoms with Gasteiger partial charge in [0.2, 0.25) is 0 Å². The fourth-order valence-corrected chi connectivity index (χ4v) is 2.45. The summed E-state index contributed by atoms with van der Waals surface area (Å²) < 4.78 is 25.6. The fraction of sp³-hybridized carbons (Fsp3) is 0.350. The SMILES string of the molecule is COC[C@H](C)NCOC/C(=C/C(=N)c1cccc(F)c1)C(=O)Nc1cnn(C)c1. The number of methoxy groups -OCH3 is 1. The number of anilines is 1. The summed E-state index contributed by atoms with van der Waals surface area (Å²) in [5.74, 6) is -0.876. The molecule has 0 aliphatic carbocycles. The molecule has 1 amide bonds. The molecular weight excluding hydrogens is 377 g/mol. The monoisotopic (exact) mass is 403 g/mol. The number of aryl methyl sites for hydroxylation is 1. The maximum atomic E-state index is 13.5. The van der Waals surface area contributed by atoms with Crippen LogP contribution in [0.4, 0.5) is 10.1 Å². The minimum atomic E-state index is -0.449. The highest BCUT2D eigenvalue weighted by Crippen LogP contribution is 2.10. The molecule has 156 valence electrons. The second-order valence-electron chi connectivity index (χ2n) is 6.50. The van der Waals surface area contributed by atoms with Crippen molar-refractivity contribution in [1.29, 1.82) is 5.41 Å². The van der Waals surface area contributed by atoms with Crippen molar-refractivity contribution in [2.45, 2.75) is 13.0 Å². The molecule has 0 aliphatic rings. The number of hydrogen-bond acceptors (Lipinski definition) is 6. The van der Waals surface area contributed by atoms with Crippen LogP contribution in [-0.4, -0.2) is 54.5 Å². The van der Waals surface area contributed by atoms with Crippen LogP contribution in [0.5, 0.6) is 0 Å². The topological polar surface area (TPSA) is 101 Å². The lowest BCUT2D eigenvalue weighted by Crippen LogP contribution is -2.32. The summed E-state index contributed by atoms with van der Waals surface area (Å²) in [5, 5.41) is 18.0. The zero-order valence-electron chi connectivity index (χ0n) is 16.7. The number of nitrogens with one attached hydrogen (secondary N) is 3. The Labute approximate surface area is 169 Å². The molecule has 0 bridgehead atoms. The van der Waals surface area contributed by atoms with E-state index in [0.717, 1.165) is 0 Å². The third-order valence-corrected chi connectivity index (χ3v) is 3.92. The van der Waals surface area contributed by atoms with Gasteiger partial charge in [0, 0.05) is 37.5 Å². The van der Waals surface area contributed by atoms with Crippen molar-refractivity contribution in [3.05, 3.63) is 59.7 Å². The summed E-state index contributed by atoms with van der Waals surface area (Å²) in [5.41, 5.74) is 1.12. The molecule has 1 aromatic carbocycles. The van der Waals surface area contributed by atoms with Gasteiger partial charge in [-0.15, -0.1) is 0 Å². The van der Waals surface area contributed by atoms with E-state index in [9.17, 15) is 9.18 Å². The van der Waals surface area contributed by atoms with Crippen LogP contribution in [0.25, 0.3) is 0 Å². The number of halogens is 1. The molecule has 0 radical (unpaired) electrons. The predicted molar refractivity (Wildman–Crippen MR) is 108 cm³/mol. The summed E-state index contributed by atoms with van der Waals surface area (Å²) in [6.45, 7) is 2.64. The van der Waals surface area contributed by atoms with Crippen molar-refractivity contribution in [1.82, 2.24) is 15.1 Å². The quantitative estimate of drug-likeness (QED) is 0.231. The number of allylic oxidation sites excluding steroid dienone is 1. The van der Waals surface area contributed by atoms with Gasteiger partial charge >= 0.3 is 0 Å². The number of rotatable bonds is 11. The average Bonchev–Trinajstić information content (AvgIpc) is 3.08. The van der Waals surface area contributed by atoms with E-state index in [2.05, 4.69) is 15.7 Å². The lowest BCUT2D eigenvalue weighted by Gasteiger charge is -2.14. The maximum absolute atomic E-state index is 13.5. The van der Waals surface area contributed by atoms with E-state index in [1.54, 1.807) is 31.1 Å². The van der Waals surface area contributed by atoms with E-state index in [1.807, 2.05) is 6.92 Å².